The van der Waals surface area contributed by atoms with Crippen molar-refractivity contribution in [2.45, 2.75) is 4.90 Å². The third kappa shape index (κ3) is 4.13. The molecule has 0 aliphatic heterocycles. The lowest BCUT2D eigenvalue weighted by Gasteiger charge is -2.09. The fourth-order valence-corrected chi connectivity index (χ4v) is 3.96. The average molecular weight is 463 g/mol. The minimum Gasteiger partial charge on any atom is -0.478 e. The second-order valence-electron chi connectivity index (χ2n) is 6.79. The number of hydrogen-bond donors (Lipinski definition) is 3. The minimum absolute atomic E-state index is 0.0136. The highest BCUT2D eigenvalue weighted by Crippen LogP contribution is 2.33. The predicted molar refractivity (Wildman–Crippen MR) is 115 cm³/mol. The first-order valence-corrected chi connectivity index (χ1v) is 10.7. The maximum Gasteiger partial charge on any atom is 0.337 e. The van der Waals surface area contributed by atoms with E-state index in [2.05, 4.69) is 15.5 Å². The molecule has 0 saturated heterocycles. The van der Waals surface area contributed by atoms with Gasteiger partial charge in [-0.2, -0.15) is 5.26 Å². The summed E-state index contributed by atoms with van der Waals surface area (Å²) in [6.07, 6.45) is 2.93. The number of amides is 1. The molecule has 33 heavy (non-hydrogen) atoms. The van der Waals surface area contributed by atoms with Gasteiger partial charge in [0.2, 0.25) is 10.0 Å². The van der Waals surface area contributed by atoms with E-state index >= 15 is 0 Å². The molecule has 0 unspecified atom stereocenters. The number of rotatable bonds is 5. The van der Waals surface area contributed by atoms with Gasteiger partial charge in [0.1, 0.15) is 0 Å². The normalized spacial score (nSPS) is 11.2. The fraction of sp³-hybridized carbons (Fsp3) is 0. The Kier molecular flexibility index (Phi) is 5.34. The molecule has 2 heterocycles. The number of pyridine rings is 1. The summed E-state index contributed by atoms with van der Waals surface area (Å²) in [5.41, 5.74) is 0.220. The summed E-state index contributed by atoms with van der Waals surface area (Å²) < 4.78 is 29.4. The van der Waals surface area contributed by atoms with Crippen LogP contribution in [0.2, 0.25) is 0 Å². The van der Waals surface area contributed by atoms with Gasteiger partial charge in [-0.1, -0.05) is 5.16 Å². The molecular formula is C21H13N5O6S. The van der Waals surface area contributed by atoms with Crippen LogP contribution in [0, 0.1) is 11.3 Å². The predicted octanol–water partition coefficient (Wildman–Crippen LogP) is 2.36. The Morgan fingerprint density at radius 3 is 2.48 bits per heavy atom. The number of fused-ring (bicyclic) bond motifs is 1. The number of nitrogens with two attached hydrogens (primary N) is 1. The SMILES string of the molecule is N#Cc1ccc(NC(=O)c2noc3cc(S(N)(=O)=O)c(-c4ccncc4)cc23)c(C(=O)O)c1. The molecule has 0 saturated carbocycles. The largest absolute Gasteiger partial charge is 0.478 e. The monoisotopic (exact) mass is 463 g/mol. The summed E-state index contributed by atoms with van der Waals surface area (Å²) in [7, 11) is -4.15. The van der Waals surface area contributed by atoms with Crippen LogP contribution < -0.4 is 10.5 Å². The van der Waals surface area contributed by atoms with Crippen LogP contribution in [0.25, 0.3) is 22.1 Å². The number of nitrogens with zero attached hydrogens (tertiary/aromatic N) is 3. The van der Waals surface area contributed by atoms with E-state index in [1.807, 2.05) is 6.07 Å². The summed E-state index contributed by atoms with van der Waals surface area (Å²) in [5, 5.41) is 30.1. The fourth-order valence-electron chi connectivity index (χ4n) is 3.20. The highest BCUT2D eigenvalue weighted by atomic mass is 32.2. The van der Waals surface area contributed by atoms with Crippen LogP contribution in [-0.4, -0.2) is 35.5 Å². The van der Waals surface area contributed by atoms with Crippen molar-refractivity contribution in [1.29, 1.82) is 5.26 Å². The number of nitrogens with one attached hydrogen (secondary N) is 1. The van der Waals surface area contributed by atoms with Gasteiger partial charge >= 0.3 is 5.97 Å². The van der Waals surface area contributed by atoms with Gasteiger partial charge in [-0.15, -0.1) is 0 Å². The molecule has 4 N–H and O–H groups in total. The second-order valence-corrected chi connectivity index (χ2v) is 8.32. The Morgan fingerprint density at radius 1 is 1.12 bits per heavy atom. The van der Waals surface area contributed by atoms with Gasteiger partial charge in [0, 0.05) is 24.0 Å². The van der Waals surface area contributed by atoms with Crippen LogP contribution >= 0.6 is 0 Å². The molecule has 0 radical (unpaired) electrons. The molecule has 164 valence electrons. The molecule has 12 heteroatoms. The summed E-state index contributed by atoms with van der Waals surface area (Å²) >= 11 is 0. The molecule has 0 aliphatic rings. The Balaban J connectivity index is 1.83. The maximum absolute atomic E-state index is 12.9. The number of anilines is 1. The number of benzene rings is 2. The number of sulfonamides is 1. The van der Waals surface area contributed by atoms with Gasteiger partial charge in [0.05, 0.1) is 33.2 Å². The number of aromatic nitrogens is 2. The van der Waals surface area contributed by atoms with E-state index in [0.29, 0.717) is 5.56 Å². The van der Waals surface area contributed by atoms with Crippen molar-refractivity contribution < 1.29 is 27.6 Å². The van der Waals surface area contributed by atoms with E-state index in [9.17, 15) is 23.1 Å². The summed E-state index contributed by atoms with van der Waals surface area (Å²) in [6.45, 7) is 0. The second kappa shape index (κ2) is 8.15. The lowest BCUT2D eigenvalue weighted by Crippen LogP contribution is -2.16. The number of nitriles is 1. The highest BCUT2D eigenvalue weighted by Gasteiger charge is 2.24. The first-order valence-electron chi connectivity index (χ1n) is 9.14. The third-order valence-electron chi connectivity index (χ3n) is 4.71. The number of carboxylic acids is 1. The van der Waals surface area contributed by atoms with Crippen LogP contribution in [0.3, 0.4) is 0 Å². The van der Waals surface area contributed by atoms with E-state index in [4.69, 9.17) is 14.9 Å². The summed E-state index contributed by atoms with van der Waals surface area (Å²) in [5.74, 6) is -2.14. The van der Waals surface area contributed by atoms with Gasteiger partial charge in [0.15, 0.2) is 11.3 Å². The van der Waals surface area contributed by atoms with Crippen molar-refractivity contribution in [3.63, 3.8) is 0 Å². The molecule has 0 atom stereocenters. The quantitative estimate of drug-likeness (QED) is 0.399. The Morgan fingerprint density at radius 2 is 1.85 bits per heavy atom. The third-order valence-corrected chi connectivity index (χ3v) is 5.66. The molecule has 0 spiro atoms. The van der Waals surface area contributed by atoms with Crippen LogP contribution in [0.1, 0.15) is 26.4 Å². The van der Waals surface area contributed by atoms with Crippen molar-refractivity contribution in [3.05, 3.63) is 71.7 Å². The number of hydrogen-bond acceptors (Lipinski definition) is 8. The number of carbonyl (C=O) groups excluding carboxylic acids is 1. The number of carbonyl (C=O) groups is 2. The number of primary sulfonamides is 1. The van der Waals surface area contributed by atoms with Crippen LogP contribution in [0.4, 0.5) is 5.69 Å². The van der Waals surface area contributed by atoms with Gasteiger partial charge in [0.25, 0.3) is 5.91 Å². The Labute approximate surface area is 186 Å². The molecule has 4 aromatic rings. The van der Waals surface area contributed by atoms with Gasteiger partial charge in [-0.25, -0.2) is 18.4 Å². The highest BCUT2D eigenvalue weighted by molar-refractivity contribution is 7.89. The molecule has 2 aromatic heterocycles. The zero-order valence-corrected chi connectivity index (χ0v) is 17.3. The van der Waals surface area contributed by atoms with E-state index in [1.54, 1.807) is 12.1 Å². The smallest absolute Gasteiger partial charge is 0.337 e. The Hall–Kier alpha value is -4.60. The van der Waals surface area contributed by atoms with E-state index in [-0.39, 0.29) is 43.9 Å². The van der Waals surface area contributed by atoms with Gasteiger partial charge < -0.3 is 14.9 Å². The van der Waals surface area contributed by atoms with E-state index in [0.717, 1.165) is 12.1 Å². The molecule has 1 amide bonds. The first kappa shape index (κ1) is 21.6. The molecule has 0 bridgehead atoms. The first-order chi connectivity index (χ1) is 15.7. The van der Waals surface area contributed by atoms with Crippen LogP contribution in [0.15, 0.2) is 64.3 Å². The van der Waals surface area contributed by atoms with Crippen LogP contribution in [0.5, 0.6) is 0 Å². The molecule has 0 fully saturated rings. The minimum atomic E-state index is -4.15. The standard InChI is InChI=1S/C21H13N5O6S/c22-10-11-1-2-16(14(7-11)21(28)29)25-20(27)19-15-8-13(12-3-5-24-6-4-12)18(33(23,30)31)9-17(15)32-26-19/h1-9H,(H,25,27)(H,28,29)(H2,23,30,31). The van der Waals surface area contributed by atoms with Crippen molar-refractivity contribution in [3.8, 4) is 17.2 Å². The maximum atomic E-state index is 12.9. The number of aromatic carboxylic acids is 1. The Bertz CT molecular complexity index is 1570. The summed E-state index contributed by atoms with van der Waals surface area (Å²) in [4.78, 5) is 28.1. The molecule has 0 aliphatic carbocycles. The van der Waals surface area contributed by atoms with Crippen molar-refractivity contribution in [2.24, 2.45) is 5.14 Å². The molecule has 4 rings (SSSR count). The molecule has 2 aromatic carbocycles. The molecular weight excluding hydrogens is 450 g/mol. The molecule has 11 nitrogen and oxygen atoms in total. The lowest BCUT2D eigenvalue weighted by atomic mass is 10.0. The lowest BCUT2D eigenvalue weighted by molar-refractivity contribution is 0.0698. The zero-order chi connectivity index (χ0) is 23.8. The topological polar surface area (TPSA) is 189 Å². The van der Waals surface area contributed by atoms with Gasteiger partial charge in [-0.3, -0.25) is 9.78 Å². The van der Waals surface area contributed by atoms with Crippen molar-refractivity contribution in [2.75, 3.05) is 5.32 Å². The number of carboxylic acid groups (broad SMARTS) is 1. The summed E-state index contributed by atoms with van der Waals surface area (Å²) in [6, 6.07) is 11.3. The van der Waals surface area contributed by atoms with Crippen molar-refractivity contribution in [1.82, 2.24) is 10.1 Å². The zero-order valence-electron chi connectivity index (χ0n) is 16.5. The van der Waals surface area contributed by atoms with Gasteiger partial charge in [-0.05, 0) is 42.0 Å². The van der Waals surface area contributed by atoms with E-state index in [1.165, 1.54) is 30.6 Å². The van der Waals surface area contributed by atoms with E-state index < -0.39 is 21.9 Å². The van der Waals surface area contributed by atoms with Crippen LogP contribution in [-0.2, 0) is 10.0 Å². The average Bonchev–Trinajstić information content (AvgIpc) is 3.21. The van der Waals surface area contributed by atoms with Crippen molar-refractivity contribution >= 4 is 38.6 Å².